The topological polar surface area (TPSA) is 49.3 Å². The molecule has 3 aromatic rings. The van der Waals surface area contributed by atoms with Crippen LogP contribution in [0.3, 0.4) is 0 Å². The van der Waals surface area contributed by atoms with Crippen molar-refractivity contribution in [2.24, 2.45) is 4.99 Å². The summed E-state index contributed by atoms with van der Waals surface area (Å²) in [5.74, 6) is -0.0616. The molecule has 0 unspecified atom stereocenters. The second-order valence-electron chi connectivity index (χ2n) is 7.61. The van der Waals surface area contributed by atoms with Gasteiger partial charge in [0.05, 0.1) is 10.7 Å². The second kappa shape index (κ2) is 8.52. The number of benzene rings is 2. The zero-order chi connectivity index (χ0) is 21.3. The van der Waals surface area contributed by atoms with Crippen molar-refractivity contribution in [3.8, 4) is 11.3 Å². The smallest absolute Gasteiger partial charge is 0.195 e. The first-order valence-electron chi connectivity index (χ1n) is 9.96. The predicted molar refractivity (Wildman–Crippen MR) is 119 cm³/mol. The Balaban J connectivity index is 1.54. The average molecular weight is 427 g/mol. The number of nitrogens with one attached hydrogen (secondary N) is 2. The van der Waals surface area contributed by atoms with Gasteiger partial charge in [0.2, 0.25) is 0 Å². The van der Waals surface area contributed by atoms with Gasteiger partial charge >= 0.3 is 0 Å². The lowest BCUT2D eigenvalue weighted by molar-refractivity contribution is 0.595. The summed E-state index contributed by atoms with van der Waals surface area (Å²) < 4.78 is 28.2. The van der Waals surface area contributed by atoms with Crippen molar-refractivity contribution >= 4 is 23.0 Å². The van der Waals surface area contributed by atoms with Crippen LogP contribution in [0, 0.1) is 32.4 Å². The fourth-order valence-corrected chi connectivity index (χ4v) is 4.28. The van der Waals surface area contributed by atoms with Crippen molar-refractivity contribution in [3.05, 3.63) is 68.5 Å². The van der Waals surface area contributed by atoms with Crippen LogP contribution in [0.4, 0.5) is 14.5 Å². The zero-order valence-corrected chi connectivity index (χ0v) is 18.1. The van der Waals surface area contributed by atoms with Gasteiger partial charge in [-0.2, -0.15) is 0 Å². The molecule has 0 saturated heterocycles. The Bertz CT molecular complexity index is 1120. The van der Waals surface area contributed by atoms with Gasteiger partial charge < -0.3 is 10.6 Å². The van der Waals surface area contributed by atoms with Crippen LogP contribution in [0.5, 0.6) is 0 Å². The largest absolute Gasteiger partial charge is 0.356 e. The fourth-order valence-electron chi connectivity index (χ4n) is 3.47. The molecule has 1 aliphatic heterocycles. The van der Waals surface area contributed by atoms with E-state index in [-0.39, 0.29) is 5.56 Å². The Kier molecular flexibility index (Phi) is 5.81. The molecule has 0 bridgehead atoms. The highest BCUT2D eigenvalue weighted by atomic mass is 32.1. The molecule has 4 nitrogen and oxygen atoms in total. The normalized spacial score (nSPS) is 13.7. The van der Waals surface area contributed by atoms with Gasteiger partial charge in [-0.05, 0) is 67.6 Å². The number of anilines is 1. The Morgan fingerprint density at radius 2 is 1.87 bits per heavy atom. The number of guanidine groups is 1. The number of rotatable bonds is 4. The summed E-state index contributed by atoms with van der Waals surface area (Å²) in [6, 6.07) is 6.71. The Hall–Kier alpha value is -2.80. The molecule has 0 aliphatic carbocycles. The van der Waals surface area contributed by atoms with Crippen molar-refractivity contribution in [2.75, 3.05) is 18.4 Å². The first kappa shape index (κ1) is 20.5. The van der Waals surface area contributed by atoms with Gasteiger partial charge in [-0.25, -0.2) is 13.8 Å². The first-order valence-corrected chi connectivity index (χ1v) is 10.8. The molecule has 0 fully saturated rings. The quantitative estimate of drug-likeness (QED) is 0.590. The number of hydrogen-bond donors (Lipinski definition) is 2. The minimum Gasteiger partial charge on any atom is -0.356 e. The number of nitrogens with zero attached hydrogens (tertiary/aromatic N) is 2. The Morgan fingerprint density at radius 1 is 1.03 bits per heavy atom. The third-order valence-corrected chi connectivity index (χ3v) is 6.10. The van der Waals surface area contributed by atoms with Crippen molar-refractivity contribution in [2.45, 2.75) is 33.6 Å². The summed E-state index contributed by atoms with van der Waals surface area (Å²) in [5.41, 5.74) is 5.42. The molecule has 0 atom stereocenters. The van der Waals surface area contributed by atoms with Gasteiger partial charge in [0.15, 0.2) is 5.96 Å². The molecule has 2 aromatic carbocycles. The highest BCUT2D eigenvalue weighted by Gasteiger charge is 2.14. The number of aliphatic imine (C=N–C) groups is 1. The first-order chi connectivity index (χ1) is 14.4. The minimum absolute atomic E-state index is 0.203. The summed E-state index contributed by atoms with van der Waals surface area (Å²) in [4.78, 5) is 9.03. The molecule has 7 heteroatoms. The van der Waals surface area contributed by atoms with E-state index in [1.807, 2.05) is 0 Å². The number of aromatic nitrogens is 1. The van der Waals surface area contributed by atoms with E-state index < -0.39 is 11.6 Å². The molecular weight excluding hydrogens is 402 g/mol. The van der Waals surface area contributed by atoms with Crippen LogP contribution < -0.4 is 10.6 Å². The predicted octanol–water partition coefficient (Wildman–Crippen LogP) is 5.37. The maximum atomic E-state index is 14.3. The summed E-state index contributed by atoms with van der Waals surface area (Å²) >= 11 is 1.46. The van der Waals surface area contributed by atoms with Crippen LogP contribution in [-0.4, -0.2) is 24.0 Å². The van der Waals surface area contributed by atoms with E-state index in [0.29, 0.717) is 17.7 Å². The lowest BCUT2D eigenvalue weighted by Gasteiger charge is -2.18. The zero-order valence-electron chi connectivity index (χ0n) is 17.3. The standard InChI is InChI=1S/C23H24F2N4S/c1-13-9-20(29-23-26-5-4-6-27-23)15(3)7-16(13)10-22-28-21(12-30-22)17-11-18(24)14(2)8-19(17)25/h7-9,11-12H,4-6,10H2,1-3H3,(H2,26,27,29). The highest BCUT2D eigenvalue weighted by Crippen LogP contribution is 2.29. The van der Waals surface area contributed by atoms with Crippen LogP contribution in [0.1, 0.15) is 33.7 Å². The van der Waals surface area contributed by atoms with E-state index in [2.05, 4.69) is 46.6 Å². The third-order valence-electron chi connectivity index (χ3n) is 5.25. The Morgan fingerprint density at radius 3 is 2.63 bits per heavy atom. The average Bonchev–Trinajstić information content (AvgIpc) is 3.17. The molecule has 30 heavy (non-hydrogen) atoms. The van der Waals surface area contributed by atoms with Crippen molar-refractivity contribution in [3.63, 3.8) is 0 Å². The monoisotopic (exact) mass is 426 g/mol. The summed E-state index contributed by atoms with van der Waals surface area (Å²) in [7, 11) is 0. The molecule has 2 heterocycles. The van der Waals surface area contributed by atoms with Crippen molar-refractivity contribution in [1.82, 2.24) is 10.3 Å². The number of hydrogen-bond acceptors (Lipinski definition) is 5. The van der Waals surface area contributed by atoms with E-state index in [9.17, 15) is 8.78 Å². The van der Waals surface area contributed by atoms with E-state index in [0.717, 1.165) is 52.9 Å². The maximum Gasteiger partial charge on any atom is 0.195 e. The van der Waals surface area contributed by atoms with Gasteiger partial charge in [0.25, 0.3) is 0 Å². The molecule has 0 radical (unpaired) electrons. The lowest BCUT2D eigenvalue weighted by Crippen LogP contribution is -2.35. The SMILES string of the molecule is Cc1cc(F)c(-c2csc(Cc3cc(C)c(NC4=NCCCN4)cc3C)n2)cc1F. The lowest BCUT2D eigenvalue weighted by atomic mass is 10.0. The third kappa shape index (κ3) is 4.36. The molecule has 1 aromatic heterocycles. The molecule has 2 N–H and O–H groups in total. The number of thiazole rings is 1. The molecule has 4 rings (SSSR count). The van der Waals surface area contributed by atoms with E-state index in [4.69, 9.17) is 0 Å². The van der Waals surface area contributed by atoms with Crippen LogP contribution in [0.15, 0.2) is 34.6 Å². The van der Waals surface area contributed by atoms with Gasteiger partial charge in [0, 0.05) is 36.1 Å². The van der Waals surface area contributed by atoms with Crippen LogP contribution in [0.25, 0.3) is 11.3 Å². The number of aryl methyl sites for hydroxylation is 3. The van der Waals surface area contributed by atoms with E-state index >= 15 is 0 Å². The van der Waals surface area contributed by atoms with Gasteiger partial charge in [-0.15, -0.1) is 11.3 Å². The van der Waals surface area contributed by atoms with Crippen molar-refractivity contribution in [1.29, 1.82) is 0 Å². The molecule has 1 aliphatic rings. The Labute approximate surface area is 179 Å². The van der Waals surface area contributed by atoms with Gasteiger partial charge in [0.1, 0.15) is 11.6 Å². The maximum absolute atomic E-state index is 14.3. The summed E-state index contributed by atoms with van der Waals surface area (Å²) in [6.45, 7) is 7.45. The molecule has 0 amide bonds. The highest BCUT2D eigenvalue weighted by molar-refractivity contribution is 7.10. The van der Waals surface area contributed by atoms with Crippen LogP contribution >= 0.6 is 11.3 Å². The molecule has 0 saturated carbocycles. The fraction of sp³-hybridized carbons (Fsp3) is 0.304. The van der Waals surface area contributed by atoms with Gasteiger partial charge in [-0.1, -0.05) is 6.07 Å². The number of halogens is 2. The van der Waals surface area contributed by atoms with Gasteiger partial charge in [-0.3, -0.25) is 4.99 Å². The van der Waals surface area contributed by atoms with E-state index in [1.54, 1.807) is 12.3 Å². The summed E-state index contributed by atoms with van der Waals surface area (Å²) in [5, 5.41) is 9.30. The van der Waals surface area contributed by atoms with E-state index in [1.165, 1.54) is 23.5 Å². The molecular formula is C23H24F2N4S. The minimum atomic E-state index is -0.451. The summed E-state index contributed by atoms with van der Waals surface area (Å²) in [6.07, 6.45) is 1.70. The van der Waals surface area contributed by atoms with Crippen LogP contribution in [-0.2, 0) is 6.42 Å². The van der Waals surface area contributed by atoms with Crippen molar-refractivity contribution < 1.29 is 8.78 Å². The second-order valence-corrected chi connectivity index (χ2v) is 8.56. The molecule has 156 valence electrons. The van der Waals surface area contributed by atoms with Crippen LogP contribution in [0.2, 0.25) is 0 Å². The molecule has 0 spiro atoms.